The molecule has 0 saturated carbocycles. The van der Waals surface area contributed by atoms with Crippen molar-refractivity contribution < 1.29 is 43.8 Å². The van der Waals surface area contributed by atoms with Crippen molar-refractivity contribution in [3.05, 3.63) is 0 Å². The lowest BCUT2D eigenvalue weighted by Gasteiger charge is -2.32. The third kappa shape index (κ3) is 55.8. The molecule has 7 amide bonds. The quantitative estimate of drug-likeness (QED) is 0.0422. The Labute approximate surface area is 602 Å². The third-order valence-corrected chi connectivity index (χ3v) is 19.8. The van der Waals surface area contributed by atoms with E-state index in [1.165, 1.54) is 146 Å². The summed E-state index contributed by atoms with van der Waals surface area (Å²) in [5.41, 5.74) is 5.75. The highest BCUT2D eigenvalue weighted by Crippen LogP contribution is 2.18. The molecule has 0 radical (unpaired) electrons. The van der Waals surface area contributed by atoms with Crippen molar-refractivity contribution in [1.82, 2.24) is 34.7 Å². The Kier molecular flexibility index (Phi) is 67.5. The van der Waals surface area contributed by atoms with Gasteiger partial charge in [-0.3, -0.25) is 33.6 Å². The van der Waals surface area contributed by atoms with Crippen molar-refractivity contribution in [2.24, 2.45) is 5.73 Å². The van der Waals surface area contributed by atoms with E-state index in [2.05, 4.69) is 46.9 Å². The minimum Gasteiger partial charge on any atom is -0.395 e. The highest BCUT2D eigenvalue weighted by molar-refractivity contribution is 5.92. The fraction of sp³-hybridized carbons (Fsp3) is 0.914. The Morgan fingerprint density at radius 3 is 0.561 bits per heavy atom. The summed E-state index contributed by atoms with van der Waals surface area (Å²) >= 11 is 0. The second-order valence-corrected chi connectivity index (χ2v) is 29.1. The molecule has 0 fully saturated rings. The number of carbonyl (C=O) groups excluding carboxylic acids is 7. The van der Waals surface area contributed by atoms with Gasteiger partial charge in [-0.2, -0.15) is 0 Å². The number of nitrogens with zero attached hydrogens (tertiary/aromatic N) is 6. The van der Waals surface area contributed by atoms with Crippen LogP contribution in [0.5, 0.6) is 0 Å². The minimum atomic E-state index is -0.689. The number of rotatable bonds is 75. The summed E-state index contributed by atoms with van der Waals surface area (Å²) < 4.78 is 0. The number of amides is 7. The van der Waals surface area contributed by atoms with Gasteiger partial charge in [-0.25, -0.2) is 0 Å². The van der Waals surface area contributed by atoms with Crippen LogP contribution in [-0.4, -0.2) is 185 Å². The summed E-state index contributed by atoms with van der Waals surface area (Å²) in [6.45, 7) is 12.9. The normalized spacial score (nSPS) is 11.4. The van der Waals surface area contributed by atoms with Gasteiger partial charge in [-0.15, -0.1) is 0 Å². The van der Waals surface area contributed by atoms with Crippen molar-refractivity contribution in [1.29, 1.82) is 0 Å². The first-order chi connectivity index (χ1) is 47.8. The second kappa shape index (κ2) is 70.2. The summed E-state index contributed by atoms with van der Waals surface area (Å²) in [5, 5.41) is 22.7. The van der Waals surface area contributed by atoms with Crippen molar-refractivity contribution in [2.45, 2.75) is 381 Å². The predicted molar refractivity (Wildman–Crippen MR) is 409 cm³/mol. The largest absolute Gasteiger partial charge is 0.395 e. The minimum absolute atomic E-state index is 0.166. The standard InChI is InChI=1S/C81H158N8O9/c1-7-13-19-25-31-35-39-43-49-54-60-85(76(93)65-83-74(72-90)73-91)67-78(95)87(63-57-51-45-41-37-33-27-21-15-9-3)69-80(97)88(61-55-48-30-24-18-12-6)71-81(98)89(64-58-52-46-42-38-34-28-22-16-10-4)70-79(96)86(62-56-50-44-40-36-32-26-20-14-8-2)68-77(94)84(66-75(82)92)59-53-47-29-23-17-11-5/h74,83,90-91H,7-73H2,1-6H3,(H2,82,92). The zero-order chi connectivity index (χ0) is 72.2. The van der Waals surface area contributed by atoms with Crippen molar-refractivity contribution in [2.75, 3.05) is 98.3 Å². The van der Waals surface area contributed by atoms with Crippen LogP contribution in [0.25, 0.3) is 0 Å². The number of nitrogens with two attached hydrogens (primary N) is 1. The van der Waals surface area contributed by atoms with E-state index in [0.717, 1.165) is 161 Å². The number of unbranched alkanes of at least 4 members (excludes halogenated alkanes) is 46. The summed E-state index contributed by atoms with van der Waals surface area (Å²) in [7, 11) is 0. The molecule has 0 saturated heterocycles. The molecule has 0 aliphatic carbocycles. The maximum Gasteiger partial charge on any atom is 0.242 e. The topological polar surface area (TPSA) is 217 Å². The van der Waals surface area contributed by atoms with Gasteiger partial charge >= 0.3 is 0 Å². The fourth-order valence-corrected chi connectivity index (χ4v) is 13.1. The molecule has 0 unspecified atom stereocenters. The van der Waals surface area contributed by atoms with E-state index in [0.29, 0.717) is 71.4 Å². The van der Waals surface area contributed by atoms with Gasteiger partial charge in [0.1, 0.15) is 0 Å². The molecule has 0 aliphatic heterocycles. The van der Waals surface area contributed by atoms with Crippen LogP contribution in [0.2, 0.25) is 0 Å². The maximum atomic E-state index is 15.3. The number of aliphatic hydroxyl groups is 2. The van der Waals surface area contributed by atoms with Gasteiger partial charge in [0.15, 0.2) is 0 Å². The molecule has 5 N–H and O–H groups in total. The highest BCUT2D eigenvalue weighted by atomic mass is 16.3. The maximum absolute atomic E-state index is 15.3. The first kappa shape index (κ1) is 94.2. The molecule has 0 aromatic rings. The van der Waals surface area contributed by atoms with Gasteiger partial charge < -0.3 is 50.7 Å². The van der Waals surface area contributed by atoms with Crippen LogP contribution in [0, 0.1) is 0 Å². The van der Waals surface area contributed by atoms with E-state index >= 15 is 14.4 Å². The number of aliphatic hydroxyl groups excluding tert-OH is 2. The van der Waals surface area contributed by atoms with E-state index in [-0.39, 0.29) is 94.5 Å². The average Bonchev–Trinajstić information content (AvgIpc) is 0.885. The van der Waals surface area contributed by atoms with Gasteiger partial charge in [-0.1, -0.05) is 337 Å². The van der Waals surface area contributed by atoms with Crippen LogP contribution in [0.4, 0.5) is 0 Å². The lowest BCUT2D eigenvalue weighted by molar-refractivity contribution is -0.148. The molecule has 0 aromatic heterocycles. The molecule has 576 valence electrons. The lowest BCUT2D eigenvalue weighted by Crippen LogP contribution is -2.52. The van der Waals surface area contributed by atoms with Crippen LogP contribution < -0.4 is 11.1 Å². The van der Waals surface area contributed by atoms with Gasteiger partial charge in [0, 0.05) is 39.3 Å². The second-order valence-electron chi connectivity index (χ2n) is 29.1. The van der Waals surface area contributed by atoms with E-state index in [4.69, 9.17) is 5.73 Å². The molecular formula is C81H158N8O9. The molecule has 0 atom stereocenters. The third-order valence-electron chi connectivity index (χ3n) is 19.8. The summed E-state index contributed by atoms with van der Waals surface area (Å²) in [6, 6.07) is -0.689. The lowest BCUT2D eigenvalue weighted by atomic mass is 10.1. The Morgan fingerprint density at radius 2 is 0.398 bits per heavy atom. The molecule has 0 bridgehead atoms. The van der Waals surface area contributed by atoms with Gasteiger partial charge in [0.05, 0.1) is 65.1 Å². The van der Waals surface area contributed by atoms with Gasteiger partial charge in [0.25, 0.3) is 0 Å². The van der Waals surface area contributed by atoms with E-state index < -0.39 is 11.9 Å². The highest BCUT2D eigenvalue weighted by Gasteiger charge is 2.30. The fourth-order valence-electron chi connectivity index (χ4n) is 13.1. The zero-order valence-electron chi connectivity index (χ0n) is 65.0. The van der Waals surface area contributed by atoms with E-state index in [9.17, 15) is 29.4 Å². The van der Waals surface area contributed by atoms with Crippen molar-refractivity contribution in [3.8, 4) is 0 Å². The molecular weight excluding hydrogens is 1230 g/mol. The first-order valence-corrected chi connectivity index (χ1v) is 41.7. The Balaban J connectivity index is 7.33. The van der Waals surface area contributed by atoms with Crippen LogP contribution in [-0.2, 0) is 33.6 Å². The number of primary amides is 1. The molecule has 0 aliphatic rings. The summed E-state index contributed by atoms with van der Waals surface area (Å²) in [5.74, 6) is -2.64. The Hall–Kier alpha value is -3.83. The molecule has 98 heavy (non-hydrogen) atoms. The molecule has 17 nitrogen and oxygen atoms in total. The molecule has 17 heteroatoms. The van der Waals surface area contributed by atoms with Gasteiger partial charge in [0.2, 0.25) is 41.4 Å². The monoisotopic (exact) mass is 1390 g/mol. The number of carbonyl (C=O) groups is 7. The van der Waals surface area contributed by atoms with Crippen LogP contribution >= 0.6 is 0 Å². The number of hydrogen-bond acceptors (Lipinski definition) is 10. The Bertz CT molecular complexity index is 1890. The molecule has 0 heterocycles. The van der Waals surface area contributed by atoms with Crippen molar-refractivity contribution in [3.63, 3.8) is 0 Å². The van der Waals surface area contributed by atoms with Gasteiger partial charge in [-0.05, 0) is 38.5 Å². The van der Waals surface area contributed by atoms with Crippen LogP contribution in [0.3, 0.4) is 0 Å². The van der Waals surface area contributed by atoms with Crippen LogP contribution in [0.1, 0.15) is 375 Å². The Morgan fingerprint density at radius 1 is 0.245 bits per heavy atom. The van der Waals surface area contributed by atoms with Crippen molar-refractivity contribution >= 4 is 41.4 Å². The SMILES string of the molecule is CCCCCCCCCCCCN(CC(=O)N(CCCCCCCCCCCC)CC(=O)N(CCCCCCCC)CC(=O)N(CCCCCCCCCCCC)CC(=O)N(CCCCCCCCCCCC)CC(=O)N(CCCCCCCC)CC(N)=O)C(=O)CNC(CO)CO. The smallest absolute Gasteiger partial charge is 0.242 e. The molecule has 0 rings (SSSR count). The van der Waals surface area contributed by atoms with E-state index in [1.54, 1.807) is 24.5 Å². The van der Waals surface area contributed by atoms with E-state index in [1.807, 2.05) is 0 Å². The average molecular weight is 1390 g/mol. The number of nitrogens with one attached hydrogen (secondary N) is 1. The molecule has 0 spiro atoms. The summed E-state index contributed by atoms with van der Waals surface area (Å²) in [6.07, 6.45) is 56.2. The summed E-state index contributed by atoms with van der Waals surface area (Å²) in [4.78, 5) is 111. The molecule has 0 aromatic carbocycles. The predicted octanol–water partition coefficient (Wildman–Crippen LogP) is 16.8. The first-order valence-electron chi connectivity index (χ1n) is 41.7. The van der Waals surface area contributed by atoms with Crippen LogP contribution in [0.15, 0.2) is 0 Å². The number of hydrogen-bond donors (Lipinski definition) is 4. The zero-order valence-corrected chi connectivity index (χ0v) is 65.0.